The Hall–Kier alpha value is -1.79. The van der Waals surface area contributed by atoms with Crippen LogP contribution in [0.1, 0.15) is 0 Å². The summed E-state index contributed by atoms with van der Waals surface area (Å²) in [4.78, 5) is 22.0. The van der Waals surface area contributed by atoms with Crippen molar-refractivity contribution in [2.24, 2.45) is 0 Å². The SMILES string of the molecule is O=c1nc(N2CCOCC2)nc(-c2ccccc2)s1. The predicted octanol–water partition coefficient (Wildman–Crippen LogP) is 1.40. The van der Waals surface area contributed by atoms with Crippen LogP contribution in [-0.2, 0) is 4.74 Å². The van der Waals surface area contributed by atoms with E-state index in [1.807, 2.05) is 35.2 Å². The Kier molecular flexibility index (Phi) is 3.52. The minimum Gasteiger partial charge on any atom is -0.378 e. The van der Waals surface area contributed by atoms with Gasteiger partial charge in [-0.1, -0.05) is 41.7 Å². The van der Waals surface area contributed by atoms with Crippen LogP contribution in [-0.4, -0.2) is 36.3 Å². The second-order valence-corrected chi connectivity index (χ2v) is 5.10. The van der Waals surface area contributed by atoms with Crippen LogP contribution in [0.5, 0.6) is 0 Å². The van der Waals surface area contributed by atoms with Gasteiger partial charge < -0.3 is 9.64 Å². The molecule has 19 heavy (non-hydrogen) atoms. The lowest BCUT2D eigenvalue weighted by Crippen LogP contribution is -2.38. The molecule has 1 aliphatic heterocycles. The molecule has 0 bridgehead atoms. The van der Waals surface area contributed by atoms with E-state index in [9.17, 15) is 4.79 Å². The zero-order valence-corrected chi connectivity index (χ0v) is 11.1. The van der Waals surface area contributed by atoms with E-state index in [1.54, 1.807) is 0 Å². The molecule has 6 heteroatoms. The van der Waals surface area contributed by atoms with E-state index >= 15 is 0 Å². The molecule has 0 aliphatic carbocycles. The Morgan fingerprint density at radius 2 is 1.84 bits per heavy atom. The van der Waals surface area contributed by atoms with Crippen LogP contribution in [0.25, 0.3) is 10.6 Å². The lowest BCUT2D eigenvalue weighted by atomic mass is 10.2. The zero-order valence-electron chi connectivity index (χ0n) is 10.3. The molecular formula is C13H13N3O2S. The third-order valence-electron chi connectivity index (χ3n) is 2.89. The molecule has 1 aliphatic rings. The number of rotatable bonds is 2. The second-order valence-electron chi connectivity index (χ2n) is 4.16. The second kappa shape index (κ2) is 5.46. The van der Waals surface area contributed by atoms with Gasteiger partial charge in [0.05, 0.1) is 13.2 Å². The maximum Gasteiger partial charge on any atom is 0.331 e. The molecule has 1 fully saturated rings. The molecule has 0 atom stereocenters. The summed E-state index contributed by atoms with van der Waals surface area (Å²) >= 11 is 1.07. The molecule has 5 nitrogen and oxygen atoms in total. The van der Waals surface area contributed by atoms with E-state index in [0.717, 1.165) is 30.0 Å². The molecular weight excluding hydrogens is 262 g/mol. The van der Waals surface area contributed by atoms with Crippen LogP contribution in [0, 0.1) is 0 Å². The summed E-state index contributed by atoms with van der Waals surface area (Å²) < 4.78 is 5.29. The normalized spacial score (nSPS) is 15.5. The average molecular weight is 275 g/mol. The molecule has 0 radical (unpaired) electrons. The summed E-state index contributed by atoms with van der Waals surface area (Å²) in [7, 11) is 0. The van der Waals surface area contributed by atoms with Crippen molar-refractivity contribution < 1.29 is 4.74 Å². The number of benzene rings is 1. The minimum atomic E-state index is -0.213. The van der Waals surface area contributed by atoms with E-state index < -0.39 is 0 Å². The molecule has 0 amide bonds. The fourth-order valence-corrected chi connectivity index (χ4v) is 2.61. The number of anilines is 1. The number of morpholine rings is 1. The van der Waals surface area contributed by atoms with Gasteiger partial charge in [0.1, 0.15) is 5.01 Å². The highest BCUT2D eigenvalue weighted by Gasteiger charge is 2.15. The summed E-state index contributed by atoms with van der Waals surface area (Å²) in [5, 5.41) is 0.710. The van der Waals surface area contributed by atoms with Gasteiger partial charge in [0.15, 0.2) is 0 Å². The van der Waals surface area contributed by atoms with Crippen LogP contribution in [0.3, 0.4) is 0 Å². The molecule has 0 saturated carbocycles. The van der Waals surface area contributed by atoms with Gasteiger partial charge in [0.2, 0.25) is 5.95 Å². The number of aromatic nitrogens is 2. The predicted molar refractivity (Wildman–Crippen MR) is 74.6 cm³/mol. The fraction of sp³-hybridized carbons (Fsp3) is 0.308. The van der Waals surface area contributed by atoms with E-state index in [1.165, 1.54) is 0 Å². The molecule has 0 spiro atoms. The highest BCUT2D eigenvalue weighted by atomic mass is 32.1. The van der Waals surface area contributed by atoms with Gasteiger partial charge in [-0.25, -0.2) is 4.98 Å². The van der Waals surface area contributed by atoms with Crippen molar-refractivity contribution in [1.29, 1.82) is 0 Å². The third kappa shape index (κ3) is 2.80. The number of hydrogen-bond acceptors (Lipinski definition) is 6. The Morgan fingerprint density at radius 1 is 1.11 bits per heavy atom. The average Bonchev–Trinajstić information content (AvgIpc) is 2.48. The van der Waals surface area contributed by atoms with Gasteiger partial charge >= 0.3 is 4.87 Å². The van der Waals surface area contributed by atoms with Crippen molar-refractivity contribution in [2.45, 2.75) is 0 Å². The van der Waals surface area contributed by atoms with Crippen molar-refractivity contribution in [3.05, 3.63) is 40.0 Å². The largest absolute Gasteiger partial charge is 0.378 e. The van der Waals surface area contributed by atoms with Crippen molar-refractivity contribution in [3.63, 3.8) is 0 Å². The van der Waals surface area contributed by atoms with Gasteiger partial charge in [-0.15, -0.1) is 0 Å². The molecule has 2 aromatic rings. The quantitative estimate of drug-likeness (QED) is 0.829. The van der Waals surface area contributed by atoms with Gasteiger partial charge in [0, 0.05) is 18.7 Å². The highest BCUT2D eigenvalue weighted by Crippen LogP contribution is 2.20. The highest BCUT2D eigenvalue weighted by molar-refractivity contribution is 7.12. The van der Waals surface area contributed by atoms with Gasteiger partial charge in [-0.3, -0.25) is 4.79 Å². The first-order chi connectivity index (χ1) is 9.33. The van der Waals surface area contributed by atoms with E-state index in [4.69, 9.17) is 4.74 Å². The van der Waals surface area contributed by atoms with Gasteiger partial charge in [-0.2, -0.15) is 4.98 Å². The monoisotopic (exact) mass is 275 g/mol. The molecule has 1 aromatic carbocycles. The molecule has 98 valence electrons. The lowest BCUT2D eigenvalue weighted by Gasteiger charge is -2.26. The van der Waals surface area contributed by atoms with Crippen LogP contribution in [0.4, 0.5) is 5.95 Å². The third-order valence-corrected chi connectivity index (χ3v) is 3.68. The van der Waals surface area contributed by atoms with E-state index in [-0.39, 0.29) is 4.87 Å². The Morgan fingerprint density at radius 3 is 2.58 bits per heavy atom. The lowest BCUT2D eigenvalue weighted by molar-refractivity contribution is 0.122. The maximum atomic E-state index is 11.7. The standard InChI is InChI=1S/C13H13N3O2S/c17-13-15-12(16-6-8-18-9-7-16)14-11(19-13)10-4-2-1-3-5-10/h1-5H,6-9H2. The van der Waals surface area contributed by atoms with Crippen molar-refractivity contribution in [3.8, 4) is 10.6 Å². The van der Waals surface area contributed by atoms with E-state index in [0.29, 0.717) is 24.2 Å². The molecule has 0 N–H and O–H groups in total. The van der Waals surface area contributed by atoms with Crippen LogP contribution >= 0.6 is 11.3 Å². The summed E-state index contributed by atoms with van der Waals surface area (Å²) in [5.74, 6) is 0.505. The van der Waals surface area contributed by atoms with E-state index in [2.05, 4.69) is 9.97 Å². The van der Waals surface area contributed by atoms with Crippen LogP contribution < -0.4 is 9.77 Å². The summed E-state index contributed by atoms with van der Waals surface area (Å²) in [5.41, 5.74) is 0.946. The molecule has 1 saturated heterocycles. The Balaban J connectivity index is 1.98. The van der Waals surface area contributed by atoms with Gasteiger partial charge in [-0.05, 0) is 0 Å². The smallest absolute Gasteiger partial charge is 0.331 e. The summed E-state index contributed by atoms with van der Waals surface area (Å²) in [6.07, 6.45) is 0. The number of ether oxygens (including phenoxy) is 1. The zero-order chi connectivity index (χ0) is 13.1. The maximum absolute atomic E-state index is 11.7. The first kappa shape index (κ1) is 12.3. The topological polar surface area (TPSA) is 55.3 Å². The van der Waals surface area contributed by atoms with Crippen molar-refractivity contribution in [1.82, 2.24) is 9.97 Å². The summed E-state index contributed by atoms with van der Waals surface area (Å²) in [6.45, 7) is 2.75. The first-order valence-electron chi connectivity index (χ1n) is 6.10. The van der Waals surface area contributed by atoms with Crippen molar-refractivity contribution >= 4 is 17.3 Å². The molecule has 2 heterocycles. The van der Waals surface area contributed by atoms with Crippen LogP contribution in [0.15, 0.2) is 35.1 Å². The van der Waals surface area contributed by atoms with Crippen molar-refractivity contribution in [2.75, 3.05) is 31.2 Å². The minimum absolute atomic E-state index is 0.213. The molecule has 0 unspecified atom stereocenters. The molecule has 1 aromatic heterocycles. The van der Waals surface area contributed by atoms with Gasteiger partial charge in [0.25, 0.3) is 0 Å². The Labute approximate surface area is 114 Å². The fourth-order valence-electron chi connectivity index (χ4n) is 1.93. The van der Waals surface area contributed by atoms with Crippen LogP contribution in [0.2, 0.25) is 0 Å². The Bertz CT molecular complexity index is 609. The summed E-state index contributed by atoms with van der Waals surface area (Å²) in [6, 6.07) is 9.70. The number of hydrogen-bond donors (Lipinski definition) is 0. The number of nitrogens with zero attached hydrogens (tertiary/aromatic N) is 3. The first-order valence-corrected chi connectivity index (χ1v) is 6.92. The molecule has 3 rings (SSSR count).